The zero-order valence-electron chi connectivity index (χ0n) is 10.9. The van der Waals surface area contributed by atoms with Crippen molar-refractivity contribution in [2.24, 2.45) is 0 Å². The second-order valence-electron chi connectivity index (χ2n) is 4.85. The number of benzene rings is 1. The summed E-state index contributed by atoms with van der Waals surface area (Å²) in [6.07, 6.45) is 1.28. The Hall–Kier alpha value is -1.15. The lowest BCUT2D eigenvalue weighted by molar-refractivity contribution is -0.124. The summed E-state index contributed by atoms with van der Waals surface area (Å²) in [6.45, 7) is 0.596. The fourth-order valence-electron chi connectivity index (χ4n) is 2.25. The van der Waals surface area contributed by atoms with E-state index in [1.165, 1.54) is 0 Å². The number of piperidine rings is 1. The van der Waals surface area contributed by atoms with Crippen LogP contribution < -0.4 is 10.0 Å². The van der Waals surface area contributed by atoms with Crippen molar-refractivity contribution >= 4 is 49.0 Å². The molecule has 3 rings (SSSR count). The van der Waals surface area contributed by atoms with Crippen LogP contribution in [-0.4, -0.2) is 26.9 Å². The monoisotopic (exact) mass is 344 g/mol. The maximum absolute atomic E-state index is 12.4. The van der Waals surface area contributed by atoms with Gasteiger partial charge in [0, 0.05) is 16.3 Å². The Balaban J connectivity index is 1.90. The first-order valence-electron chi connectivity index (χ1n) is 6.45. The van der Waals surface area contributed by atoms with E-state index >= 15 is 0 Å². The topological polar surface area (TPSA) is 75.3 Å². The van der Waals surface area contributed by atoms with Crippen molar-refractivity contribution in [3.05, 3.63) is 29.3 Å². The lowest BCUT2D eigenvalue weighted by Gasteiger charge is -2.22. The third kappa shape index (κ3) is 3.06. The molecule has 1 aliphatic heterocycles. The third-order valence-corrected chi connectivity index (χ3v) is 6.60. The van der Waals surface area contributed by atoms with E-state index in [1.807, 2.05) is 0 Å². The van der Waals surface area contributed by atoms with Gasteiger partial charge in [0.1, 0.15) is 10.3 Å². The van der Waals surface area contributed by atoms with E-state index in [9.17, 15) is 13.2 Å². The van der Waals surface area contributed by atoms with Crippen LogP contribution in [0.3, 0.4) is 0 Å². The molecule has 2 aromatic rings. The van der Waals surface area contributed by atoms with E-state index in [4.69, 9.17) is 11.6 Å². The van der Waals surface area contributed by atoms with Gasteiger partial charge in [-0.2, -0.15) is 4.72 Å². The van der Waals surface area contributed by atoms with Gasteiger partial charge in [0.2, 0.25) is 5.91 Å². The molecule has 0 radical (unpaired) electrons. The van der Waals surface area contributed by atoms with Crippen LogP contribution in [0.5, 0.6) is 0 Å². The van der Waals surface area contributed by atoms with E-state index in [1.54, 1.807) is 24.3 Å². The minimum absolute atomic E-state index is 0.193. The number of thiophene rings is 1. The number of halogens is 1. The van der Waals surface area contributed by atoms with Crippen LogP contribution >= 0.6 is 22.9 Å². The summed E-state index contributed by atoms with van der Waals surface area (Å²) in [4.78, 5) is 11.7. The lowest BCUT2D eigenvalue weighted by Crippen LogP contribution is -2.49. The summed E-state index contributed by atoms with van der Waals surface area (Å²) in [7, 11) is -3.70. The molecule has 1 saturated heterocycles. The molecule has 8 heteroatoms. The largest absolute Gasteiger partial charge is 0.355 e. The summed E-state index contributed by atoms with van der Waals surface area (Å²) in [5, 5.41) is 4.00. The van der Waals surface area contributed by atoms with Crippen LogP contribution in [-0.2, 0) is 14.8 Å². The highest BCUT2D eigenvalue weighted by Gasteiger charge is 2.28. The van der Waals surface area contributed by atoms with Gasteiger partial charge in [-0.3, -0.25) is 4.79 Å². The molecule has 0 spiro atoms. The van der Waals surface area contributed by atoms with E-state index in [-0.39, 0.29) is 10.1 Å². The number of hydrogen-bond donors (Lipinski definition) is 2. The highest BCUT2D eigenvalue weighted by Crippen LogP contribution is 2.31. The summed E-state index contributed by atoms with van der Waals surface area (Å²) in [5.74, 6) is -0.269. The number of amides is 1. The molecule has 1 aromatic heterocycles. The number of hydrogen-bond acceptors (Lipinski definition) is 4. The van der Waals surface area contributed by atoms with Crippen molar-refractivity contribution in [1.82, 2.24) is 10.0 Å². The molecule has 0 saturated carbocycles. The van der Waals surface area contributed by atoms with Crippen molar-refractivity contribution < 1.29 is 13.2 Å². The third-order valence-electron chi connectivity index (χ3n) is 3.30. The van der Waals surface area contributed by atoms with Crippen LogP contribution in [0.25, 0.3) is 10.1 Å². The van der Waals surface area contributed by atoms with Gasteiger partial charge in [0.15, 0.2) is 0 Å². The van der Waals surface area contributed by atoms with Crippen LogP contribution in [0.2, 0.25) is 5.02 Å². The van der Waals surface area contributed by atoms with Gasteiger partial charge in [0.25, 0.3) is 10.0 Å². The molecular weight excluding hydrogens is 332 g/mol. The predicted octanol–water partition coefficient (Wildman–Crippen LogP) is 2.11. The predicted molar refractivity (Wildman–Crippen MR) is 83.2 cm³/mol. The summed E-state index contributed by atoms with van der Waals surface area (Å²) < 4.78 is 28.3. The van der Waals surface area contributed by atoms with Gasteiger partial charge in [0.05, 0.1) is 0 Å². The highest BCUT2D eigenvalue weighted by molar-refractivity contribution is 7.91. The maximum Gasteiger partial charge on any atom is 0.250 e. The van der Waals surface area contributed by atoms with Gasteiger partial charge in [-0.1, -0.05) is 11.6 Å². The minimum atomic E-state index is -3.70. The summed E-state index contributed by atoms with van der Waals surface area (Å²) in [6, 6.07) is 6.11. The van der Waals surface area contributed by atoms with Crippen molar-refractivity contribution in [2.75, 3.05) is 6.54 Å². The first kappa shape index (κ1) is 14.8. The first-order chi connectivity index (χ1) is 9.95. The molecule has 2 N–H and O–H groups in total. The number of carbonyl (C=O) groups is 1. The fraction of sp³-hybridized carbons (Fsp3) is 0.308. The van der Waals surface area contributed by atoms with Gasteiger partial charge in [-0.15, -0.1) is 11.3 Å². The number of rotatable bonds is 3. The van der Waals surface area contributed by atoms with E-state index in [0.717, 1.165) is 27.8 Å². The Labute approximate surface area is 131 Å². The van der Waals surface area contributed by atoms with Gasteiger partial charge in [-0.05, 0) is 42.5 Å². The SMILES string of the molecule is O=C1NCCC[C@@H]1NS(=O)(=O)c1cc2cc(Cl)ccc2s1. The molecule has 1 atom stereocenters. The van der Waals surface area contributed by atoms with Gasteiger partial charge in [-0.25, -0.2) is 8.42 Å². The van der Waals surface area contributed by atoms with Crippen LogP contribution in [0, 0.1) is 0 Å². The first-order valence-corrected chi connectivity index (χ1v) is 9.13. The number of fused-ring (bicyclic) bond motifs is 1. The van der Waals surface area contributed by atoms with Crippen LogP contribution in [0.4, 0.5) is 0 Å². The average Bonchev–Trinajstić information content (AvgIpc) is 2.85. The molecule has 1 amide bonds. The van der Waals surface area contributed by atoms with Gasteiger partial charge < -0.3 is 5.32 Å². The second-order valence-corrected chi connectivity index (χ2v) is 8.32. The minimum Gasteiger partial charge on any atom is -0.355 e. The molecule has 112 valence electrons. The normalized spacial score (nSPS) is 19.7. The molecule has 1 aliphatic rings. The van der Waals surface area contributed by atoms with E-state index in [2.05, 4.69) is 10.0 Å². The number of nitrogens with one attached hydrogen (secondary N) is 2. The summed E-state index contributed by atoms with van der Waals surface area (Å²) in [5.41, 5.74) is 0. The Morgan fingerprint density at radius 2 is 2.14 bits per heavy atom. The Morgan fingerprint density at radius 1 is 1.33 bits per heavy atom. The van der Waals surface area contributed by atoms with Gasteiger partial charge >= 0.3 is 0 Å². The van der Waals surface area contributed by atoms with Crippen LogP contribution in [0.1, 0.15) is 12.8 Å². The Bertz CT molecular complexity index is 801. The highest BCUT2D eigenvalue weighted by atomic mass is 35.5. The van der Waals surface area contributed by atoms with E-state index in [0.29, 0.717) is 18.0 Å². The van der Waals surface area contributed by atoms with Crippen molar-refractivity contribution in [1.29, 1.82) is 0 Å². The molecule has 2 heterocycles. The zero-order chi connectivity index (χ0) is 15.0. The molecule has 0 aliphatic carbocycles. The molecule has 1 fully saturated rings. The average molecular weight is 345 g/mol. The fourth-order valence-corrected chi connectivity index (χ4v) is 5.06. The molecular formula is C13H13ClN2O3S2. The van der Waals surface area contributed by atoms with E-state index < -0.39 is 16.1 Å². The van der Waals surface area contributed by atoms with Crippen molar-refractivity contribution in [2.45, 2.75) is 23.1 Å². The number of carbonyl (C=O) groups excluding carboxylic acids is 1. The summed E-state index contributed by atoms with van der Waals surface area (Å²) >= 11 is 7.07. The van der Waals surface area contributed by atoms with Crippen LogP contribution in [0.15, 0.2) is 28.5 Å². The molecule has 0 unspecified atom stereocenters. The van der Waals surface area contributed by atoms with Crippen molar-refractivity contribution in [3.8, 4) is 0 Å². The number of sulfonamides is 1. The van der Waals surface area contributed by atoms with Crippen molar-refractivity contribution in [3.63, 3.8) is 0 Å². The molecule has 1 aromatic carbocycles. The standard InChI is InChI=1S/C13H13ClN2O3S2/c14-9-3-4-11-8(6-9)7-12(20-11)21(18,19)16-10-2-1-5-15-13(10)17/h3-4,6-7,10,16H,1-2,5H2,(H,15,17)/t10-/m0/s1. The zero-order valence-corrected chi connectivity index (χ0v) is 13.3. The maximum atomic E-state index is 12.4. The molecule has 0 bridgehead atoms. The Morgan fingerprint density at radius 3 is 2.90 bits per heavy atom. The molecule has 5 nitrogen and oxygen atoms in total. The lowest BCUT2D eigenvalue weighted by atomic mass is 10.1. The second kappa shape index (κ2) is 5.57. The molecule has 21 heavy (non-hydrogen) atoms. The smallest absolute Gasteiger partial charge is 0.250 e. The quantitative estimate of drug-likeness (QED) is 0.895. The Kier molecular flexibility index (Phi) is 3.92.